The number of carbonyl (C=O) groups is 1. The van der Waals surface area contributed by atoms with E-state index in [0.29, 0.717) is 6.54 Å². The Labute approximate surface area is 98.0 Å². The summed E-state index contributed by atoms with van der Waals surface area (Å²) in [5.74, 6) is 4.91. The van der Waals surface area contributed by atoms with Gasteiger partial charge in [0.2, 0.25) is 5.91 Å². The van der Waals surface area contributed by atoms with Crippen molar-refractivity contribution in [1.82, 2.24) is 15.3 Å². The predicted molar refractivity (Wildman–Crippen MR) is 63.1 cm³/mol. The lowest BCUT2D eigenvalue weighted by molar-refractivity contribution is -0.122. The van der Waals surface area contributed by atoms with Crippen LogP contribution >= 0.6 is 11.3 Å². The van der Waals surface area contributed by atoms with E-state index in [1.807, 2.05) is 11.6 Å². The Morgan fingerprint density at radius 2 is 2.25 bits per heavy atom. The summed E-state index contributed by atoms with van der Waals surface area (Å²) >= 11 is 1.65. The molecule has 1 aliphatic rings. The first kappa shape index (κ1) is 11.3. The monoisotopic (exact) mass is 241 g/mol. The fourth-order valence-electron chi connectivity index (χ4n) is 1.72. The fraction of sp³-hybridized carbons (Fsp3) is 0.556. The smallest absolute Gasteiger partial charge is 0.248 e. The number of amides is 1. The molecule has 6 nitrogen and oxygen atoms in total. The van der Waals surface area contributed by atoms with Gasteiger partial charge in [-0.25, -0.2) is 10.8 Å². The minimum absolute atomic E-state index is 0.136. The lowest BCUT2D eigenvalue weighted by Crippen LogP contribution is -2.50. The second-order valence-corrected chi connectivity index (χ2v) is 4.52. The van der Waals surface area contributed by atoms with Crippen molar-refractivity contribution in [3.05, 3.63) is 11.6 Å². The number of hydrogen-bond donors (Lipinski definition) is 2. The number of thiazole rings is 1. The molecule has 0 aliphatic carbocycles. The fourth-order valence-corrected chi connectivity index (χ4v) is 2.41. The van der Waals surface area contributed by atoms with Crippen molar-refractivity contribution >= 4 is 22.4 Å². The minimum atomic E-state index is -0.136. The molecule has 16 heavy (non-hydrogen) atoms. The van der Waals surface area contributed by atoms with Crippen molar-refractivity contribution in [3.63, 3.8) is 0 Å². The van der Waals surface area contributed by atoms with E-state index in [1.54, 1.807) is 11.3 Å². The molecule has 1 amide bonds. The van der Waals surface area contributed by atoms with Crippen molar-refractivity contribution in [2.24, 2.45) is 5.84 Å². The summed E-state index contributed by atoms with van der Waals surface area (Å²) in [6.45, 7) is 3.93. The van der Waals surface area contributed by atoms with Crippen LogP contribution in [0.25, 0.3) is 0 Å². The van der Waals surface area contributed by atoms with E-state index < -0.39 is 0 Å². The number of rotatable bonds is 3. The summed E-state index contributed by atoms with van der Waals surface area (Å²) in [6.07, 6.45) is 1.81. The molecule has 1 aliphatic heterocycles. The molecule has 7 heteroatoms. The van der Waals surface area contributed by atoms with Crippen molar-refractivity contribution in [3.8, 4) is 0 Å². The van der Waals surface area contributed by atoms with Crippen LogP contribution in [0.3, 0.4) is 0 Å². The maximum Gasteiger partial charge on any atom is 0.248 e. The van der Waals surface area contributed by atoms with Crippen LogP contribution in [-0.4, -0.2) is 48.5 Å². The van der Waals surface area contributed by atoms with Crippen molar-refractivity contribution < 1.29 is 4.79 Å². The highest BCUT2D eigenvalue weighted by molar-refractivity contribution is 7.13. The SMILES string of the molecule is NNC(=O)CN1CCN(c2nccs2)CC1. The highest BCUT2D eigenvalue weighted by Gasteiger charge is 2.19. The Bertz CT molecular complexity index is 334. The molecule has 0 bridgehead atoms. The largest absolute Gasteiger partial charge is 0.346 e. The van der Waals surface area contributed by atoms with Crippen LogP contribution in [0.1, 0.15) is 0 Å². The van der Waals surface area contributed by atoms with Gasteiger partial charge in [0.1, 0.15) is 0 Å². The molecular weight excluding hydrogens is 226 g/mol. The molecule has 2 heterocycles. The Morgan fingerprint density at radius 3 is 2.81 bits per heavy atom. The molecule has 0 atom stereocenters. The van der Waals surface area contributed by atoms with Gasteiger partial charge >= 0.3 is 0 Å². The van der Waals surface area contributed by atoms with Gasteiger partial charge in [0.25, 0.3) is 0 Å². The van der Waals surface area contributed by atoms with Gasteiger partial charge in [-0.1, -0.05) is 0 Å². The molecule has 2 rings (SSSR count). The molecule has 3 N–H and O–H groups in total. The van der Waals surface area contributed by atoms with Crippen molar-refractivity contribution in [1.29, 1.82) is 0 Å². The molecule has 1 fully saturated rings. The van der Waals surface area contributed by atoms with Crippen LogP contribution < -0.4 is 16.2 Å². The molecular formula is C9H15N5OS. The predicted octanol–water partition coefficient (Wildman–Crippen LogP) is -0.745. The topological polar surface area (TPSA) is 74.5 Å². The first-order valence-corrected chi connectivity index (χ1v) is 6.04. The molecule has 1 aromatic rings. The summed E-state index contributed by atoms with van der Waals surface area (Å²) < 4.78 is 0. The van der Waals surface area contributed by atoms with E-state index in [2.05, 4.69) is 20.2 Å². The molecule has 0 aromatic carbocycles. The summed E-state index contributed by atoms with van der Waals surface area (Å²) in [6, 6.07) is 0. The first-order valence-electron chi connectivity index (χ1n) is 5.16. The van der Waals surface area contributed by atoms with Crippen molar-refractivity contribution in [2.75, 3.05) is 37.6 Å². The molecule has 1 aromatic heterocycles. The van der Waals surface area contributed by atoms with E-state index in [4.69, 9.17) is 5.84 Å². The van der Waals surface area contributed by atoms with Crippen LogP contribution in [0.15, 0.2) is 11.6 Å². The molecule has 88 valence electrons. The van der Waals surface area contributed by atoms with Crippen LogP contribution in [0.5, 0.6) is 0 Å². The average molecular weight is 241 g/mol. The standard InChI is InChI=1S/C9H15N5OS/c10-12-8(15)7-13-2-4-14(5-3-13)9-11-1-6-16-9/h1,6H,2-5,7,10H2,(H,12,15). The van der Waals surface area contributed by atoms with Gasteiger partial charge in [0.15, 0.2) is 5.13 Å². The molecule has 0 saturated carbocycles. The number of aromatic nitrogens is 1. The maximum atomic E-state index is 11.1. The third kappa shape index (κ3) is 2.69. The number of hydrazine groups is 1. The number of nitrogens with two attached hydrogens (primary N) is 1. The molecule has 0 unspecified atom stereocenters. The van der Waals surface area contributed by atoms with Crippen LogP contribution in [0, 0.1) is 0 Å². The lowest BCUT2D eigenvalue weighted by atomic mass is 10.3. The zero-order valence-electron chi connectivity index (χ0n) is 8.93. The average Bonchev–Trinajstić information content (AvgIpc) is 2.83. The van der Waals surface area contributed by atoms with Gasteiger partial charge in [-0.05, 0) is 0 Å². The third-order valence-corrected chi connectivity index (χ3v) is 3.42. The number of carbonyl (C=O) groups excluding carboxylic acids is 1. The second kappa shape index (κ2) is 5.24. The van der Waals surface area contributed by atoms with Crippen LogP contribution in [0.4, 0.5) is 5.13 Å². The van der Waals surface area contributed by atoms with Crippen LogP contribution in [0.2, 0.25) is 0 Å². The number of nitrogens with one attached hydrogen (secondary N) is 1. The third-order valence-electron chi connectivity index (χ3n) is 2.59. The summed E-state index contributed by atoms with van der Waals surface area (Å²) in [5.41, 5.74) is 2.15. The van der Waals surface area contributed by atoms with Gasteiger partial charge in [-0.2, -0.15) is 0 Å². The van der Waals surface area contributed by atoms with E-state index in [0.717, 1.165) is 31.3 Å². The minimum Gasteiger partial charge on any atom is -0.346 e. The second-order valence-electron chi connectivity index (χ2n) is 3.65. The highest BCUT2D eigenvalue weighted by atomic mass is 32.1. The Balaban J connectivity index is 1.81. The molecule has 0 radical (unpaired) electrons. The summed E-state index contributed by atoms with van der Waals surface area (Å²) in [4.78, 5) is 19.7. The molecule has 0 spiro atoms. The quantitative estimate of drug-likeness (QED) is 0.414. The van der Waals surface area contributed by atoms with Gasteiger partial charge in [0.05, 0.1) is 6.54 Å². The maximum absolute atomic E-state index is 11.1. The van der Waals surface area contributed by atoms with Gasteiger partial charge in [-0.15, -0.1) is 11.3 Å². The van der Waals surface area contributed by atoms with Crippen molar-refractivity contribution in [2.45, 2.75) is 0 Å². The number of hydrogen-bond acceptors (Lipinski definition) is 6. The van der Waals surface area contributed by atoms with Gasteiger partial charge in [-0.3, -0.25) is 15.1 Å². The van der Waals surface area contributed by atoms with E-state index >= 15 is 0 Å². The van der Waals surface area contributed by atoms with E-state index in [-0.39, 0.29) is 5.91 Å². The summed E-state index contributed by atoms with van der Waals surface area (Å²) in [7, 11) is 0. The molecule has 1 saturated heterocycles. The zero-order valence-corrected chi connectivity index (χ0v) is 9.74. The van der Waals surface area contributed by atoms with E-state index in [1.165, 1.54) is 0 Å². The van der Waals surface area contributed by atoms with Gasteiger partial charge in [0, 0.05) is 37.8 Å². The normalized spacial score (nSPS) is 17.4. The Kier molecular flexibility index (Phi) is 3.70. The summed E-state index contributed by atoms with van der Waals surface area (Å²) in [5, 5.41) is 3.03. The number of piperazine rings is 1. The zero-order chi connectivity index (χ0) is 11.4. The Hall–Kier alpha value is -1.18. The first-order chi connectivity index (χ1) is 7.79. The van der Waals surface area contributed by atoms with E-state index in [9.17, 15) is 4.79 Å². The number of nitrogens with zero attached hydrogens (tertiary/aromatic N) is 3. The highest BCUT2D eigenvalue weighted by Crippen LogP contribution is 2.18. The number of anilines is 1. The van der Waals surface area contributed by atoms with Crippen LogP contribution in [-0.2, 0) is 4.79 Å². The lowest BCUT2D eigenvalue weighted by Gasteiger charge is -2.33. The van der Waals surface area contributed by atoms with Gasteiger partial charge < -0.3 is 4.90 Å². The Morgan fingerprint density at radius 1 is 1.50 bits per heavy atom.